The van der Waals surface area contributed by atoms with Crippen molar-refractivity contribution in [2.45, 2.75) is 43.1 Å². The highest BCUT2D eigenvalue weighted by atomic mass is 35.5. The van der Waals surface area contributed by atoms with Crippen molar-refractivity contribution in [3.63, 3.8) is 0 Å². The molecule has 106 valence electrons. The smallest absolute Gasteiger partial charge is 0.0693 e. The van der Waals surface area contributed by atoms with Crippen molar-refractivity contribution in [1.82, 2.24) is 0 Å². The van der Waals surface area contributed by atoms with Crippen LogP contribution in [-0.2, 0) is 11.2 Å². The van der Waals surface area contributed by atoms with Gasteiger partial charge in [-0.25, -0.2) is 0 Å². The molecule has 0 amide bonds. The molecule has 0 radical (unpaired) electrons. The third-order valence-electron chi connectivity index (χ3n) is 4.61. The maximum absolute atomic E-state index is 6.61. The summed E-state index contributed by atoms with van der Waals surface area (Å²) in [6.45, 7) is 0. The van der Waals surface area contributed by atoms with Crippen molar-refractivity contribution in [1.29, 1.82) is 0 Å². The van der Waals surface area contributed by atoms with Gasteiger partial charge in [0.15, 0.2) is 0 Å². The molecule has 1 aliphatic carbocycles. The van der Waals surface area contributed by atoms with Crippen molar-refractivity contribution in [2.24, 2.45) is 0 Å². The largest absolute Gasteiger partial charge is 0.378 e. The second kappa shape index (κ2) is 5.75. The second-order valence-electron chi connectivity index (χ2n) is 5.88. The molecule has 0 spiro atoms. The Kier molecular flexibility index (Phi) is 4.00. The van der Waals surface area contributed by atoms with Gasteiger partial charge in [-0.1, -0.05) is 42.5 Å². The first-order valence-electron chi connectivity index (χ1n) is 7.38. The third-order valence-corrected chi connectivity index (χ3v) is 4.92. The van der Waals surface area contributed by atoms with Crippen LogP contribution in [-0.4, -0.2) is 18.1 Å². The monoisotopic (exact) mass is 288 g/mol. The Labute approximate surface area is 125 Å². The lowest BCUT2D eigenvalue weighted by Gasteiger charge is -2.41. The number of rotatable bonds is 5. The molecule has 2 aromatic carbocycles. The molecule has 3 rings (SSSR count). The average molecular weight is 289 g/mol. The Morgan fingerprint density at radius 3 is 2.60 bits per heavy atom. The van der Waals surface area contributed by atoms with E-state index in [-0.39, 0.29) is 11.0 Å². The van der Waals surface area contributed by atoms with E-state index >= 15 is 0 Å². The predicted molar refractivity (Wildman–Crippen MR) is 85.5 cm³/mol. The summed E-state index contributed by atoms with van der Waals surface area (Å²) in [7, 11) is 1.82. The molecule has 1 nitrogen and oxygen atoms in total. The molecule has 0 heterocycles. The van der Waals surface area contributed by atoms with Crippen molar-refractivity contribution in [2.75, 3.05) is 7.11 Å². The molecule has 0 aliphatic heterocycles. The van der Waals surface area contributed by atoms with Crippen LogP contribution in [0.25, 0.3) is 10.8 Å². The van der Waals surface area contributed by atoms with Gasteiger partial charge < -0.3 is 4.74 Å². The molecule has 1 saturated carbocycles. The zero-order valence-electron chi connectivity index (χ0n) is 11.9. The highest BCUT2D eigenvalue weighted by Crippen LogP contribution is 2.40. The number of alkyl halides is 1. The van der Waals surface area contributed by atoms with Crippen LogP contribution in [0.15, 0.2) is 42.5 Å². The molecule has 2 aromatic rings. The number of halogens is 1. The first-order chi connectivity index (χ1) is 9.72. The number of methoxy groups -OCH3 is 1. The van der Waals surface area contributed by atoms with Gasteiger partial charge in [-0.15, -0.1) is 11.6 Å². The van der Waals surface area contributed by atoms with Crippen molar-refractivity contribution < 1.29 is 4.74 Å². The number of hydrogen-bond acceptors (Lipinski definition) is 1. The van der Waals surface area contributed by atoms with Crippen LogP contribution < -0.4 is 0 Å². The van der Waals surface area contributed by atoms with E-state index in [0.717, 1.165) is 25.7 Å². The van der Waals surface area contributed by atoms with Gasteiger partial charge in [0.05, 0.1) is 5.60 Å². The molecule has 1 unspecified atom stereocenters. The van der Waals surface area contributed by atoms with Gasteiger partial charge >= 0.3 is 0 Å². The van der Waals surface area contributed by atoms with Gasteiger partial charge in [-0.05, 0) is 48.4 Å². The van der Waals surface area contributed by atoms with Crippen molar-refractivity contribution in [3.05, 3.63) is 48.0 Å². The normalized spacial score (nSPS) is 18.7. The summed E-state index contributed by atoms with van der Waals surface area (Å²) < 4.78 is 5.69. The van der Waals surface area contributed by atoms with E-state index in [1.807, 2.05) is 7.11 Å². The molecule has 1 atom stereocenters. The Morgan fingerprint density at radius 2 is 1.90 bits per heavy atom. The zero-order chi connectivity index (χ0) is 14.0. The van der Waals surface area contributed by atoms with Gasteiger partial charge in [-0.2, -0.15) is 0 Å². The summed E-state index contributed by atoms with van der Waals surface area (Å²) in [5, 5.41) is 2.75. The molecular formula is C18H21ClO. The van der Waals surface area contributed by atoms with E-state index in [0.29, 0.717) is 0 Å². The van der Waals surface area contributed by atoms with Crippen LogP contribution in [0.4, 0.5) is 0 Å². The zero-order valence-corrected chi connectivity index (χ0v) is 12.7. The predicted octanol–water partition coefficient (Wildman–Crippen LogP) is 4.95. The molecule has 0 bridgehead atoms. The van der Waals surface area contributed by atoms with Gasteiger partial charge in [0.1, 0.15) is 0 Å². The standard InChI is InChI=1S/C18H21ClO/c1-20-18(10-5-11-18)13-16(19)12-15-8-4-7-14-6-2-3-9-17(14)15/h2-4,6-9,16H,5,10-13H2,1H3. The van der Waals surface area contributed by atoms with Crippen LogP contribution >= 0.6 is 11.6 Å². The summed E-state index contributed by atoms with van der Waals surface area (Å²) in [6.07, 6.45) is 5.44. The van der Waals surface area contributed by atoms with Gasteiger partial charge in [0, 0.05) is 12.5 Å². The molecule has 1 fully saturated rings. The summed E-state index contributed by atoms with van der Waals surface area (Å²) in [4.78, 5) is 0. The Bertz CT molecular complexity index is 578. The average Bonchev–Trinajstić information content (AvgIpc) is 2.43. The van der Waals surface area contributed by atoms with Gasteiger partial charge in [-0.3, -0.25) is 0 Å². The number of benzene rings is 2. The number of ether oxygens (including phenoxy) is 1. The summed E-state index contributed by atoms with van der Waals surface area (Å²) in [6, 6.07) is 15.0. The Balaban J connectivity index is 1.76. The molecule has 0 N–H and O–H groups in total. The summed E-state index contributed by atoms with van der Waals surface area (Å²) >= 11 is 6.61. The van der Waals surface area contributed by atoms with Crippen LogP contribution in [0, 0.1) is 0 Å². The lowest BCUT2D eigenvalue weighted by molar-refractivity contribution is -0.0777. The van der Waals surface area contributed by atoms with E-state index in [4.69, 9.17) is 16.3 Å². The molecule has 0 aromatic heterocycles. The maximum atomic E-state index is 6.61. The van der Waals surface area contributed by atoms with Crippen LogP contribution in [0.3, 0.4) is 0 Å². The fraction of sp³-hybridized carbons (Fsp3) is 0.444. The fourth-order valence-electron chi connectivity index (χ4n) is 3.25. The first kappa shape index (κ1) is 13.9. The lowest BCUT2D eigenvalue weighted by atomic mass is 9.76. The van der Waals surface area contributed by atoms with E-state index in [1.165, 1.54) is 22.8 Å². The minimum Gasteiger partial charge on any atom is -0.378 e. The third kappa shape index (κ3) is 2.70. The minimum absolute atomic E-state index is 0.0526. The van der Waals surface area contributed by atoms with E-state index in [2.05, 4.69) is 42.5 Å². The van der Waals surface area contributed by atoms with E-state index < -0.39 is 0 Å². The van der Waals surface area contributed by atoms with Crippen LogP contribution in [0.1, 0.15) is 31.2 Å². The Morgan fingerprint density at radius 1 is 1.15 bits per heavy atom. The maximum Gasteiger partial charge on any atom is 0.0693 e. The van der Waals surface area contributed by atoms with E-state index in [9.17, 15) is 0 Å². The minimum atomic E-state index is 0.0526. The van der Waals surface area contributed by atoms with Crippen LogP contribution in [0.5, 0.6) is 0 Å². The quantitative estimate of drug-likeness (QED) is 0.708. The molecular weight excluding hydrogens is 268 g/mol. The number of hydrogen-bond donors (Lipinski definition) is 0. The molecule has 1 aliphatic rings. The highest BCUT2D eigenvalue weighted by Gasteiger charge is 2.38. The summed E-state index contributed by atoms with van der Waals surface area (Å²) in [5.41, 5.74) is 1.39. The van der Waals surface area contributed by atoms with Crippen LogP contribution in [0.2, 0.25) is 0 Å². The summed E-state index contributed by atoms with van der Waals surface area (Å²) in [5.74, 6) is 0. The first-order valence-corrected chi connectivity index (χ1v) is 7.82. The lowest BCUT2D eigenvalue weighted by Crippen LogP contribution is -2.41. The molecule has 2 heteroatoms. The van der Waals surface area contributed by atoms with Crippen molar-refractivity contribution >= 4 is 22.4 Å². The topological polar surface area (TPSA) is 9.23 Å². The second-order valence-corrected chi connectivity index (χ2v) is 6.50. The highest BCUT2D eigenvalue weighted by molar-refractivity contribution is 6.20. The SMILES string of the molecule is COC1(CC(Cl)Cc2cccc3ccccc23)CCC1. The molecule has 20 heavy (non-hydrogen) atoms. The van der Waals surface area contributed by atoms with E-state index in [1.54, 1.807) is 0 Å². The van der Waals surface area contributed by atoms with Gasteiger partial charge in [0.25, 0.3) is 0 Å². The Hall–Kier alpha value is -1.05. The van der Waals surface area contributed by atoms with Gasteiger partial charge in [0.2, 0.25) is 0 Å². The molecule has 0 saturated heterocycles. The van der Waals surface area contributed by atoms with Crippen molar-refractivity contribution in [3.8, 4) is 0 Å². The fourth-order valence-corrected chi connectivity index (χ4v) is 3.70. The number of fused-ring (bicyclic) bond motifs is 1.